The minimum Gasteiger partial charge on any atom is -0.371 e. The van der Waals surface area contributed by atoms with Gasteiger partial charge in [0.1, 0.15) is 6.04 Å². The van der Waals surface area contributed by atoms with Crippen LogP contribution in [0.1, 0.15) is 63.4 Å². The van der Waals surface area contributed by atoms with Crippen LogP contribution in [0, 0.1) is 6.92 Å². The summed E-state index contributed by atoms with van der Waals surface area (Å²) in [6.07, 6.45) is 1.57. The molecule has 2 fully saturated rings. The van der Waals surface area contributed by atoms with E-state index in [1.165, 1.54) is 0 Å². The van der Waals surface area contributed by atoms with Crippen LogP contribution in [0.3, 0.4) is 0 Å². The molecule has 1 N–H and O–H groups in total. The van der Waals surface area contributed by atoms with Crippen molar-refractivity contribution in [2.75, 3.05) is 25.1 Å². The predicted octanol–water partition coefficient (Wildman–Crippen LogP) is 2.12. The minimum atomic E-state index is -3.84. The van der Waals surface area contributed by atoms with Crippen LogP contribution in [0.5, 0.6) is 0 Å². The molecule has 2 aromatic rings. The summed E-state index contributed by atoms with van der Waals surface area (Å²) in [7, 11) is -2.68. The van der Waals surface area contributed by atoms with E-state index < -0.39 is 39.8 Å². The summed E-state index contributed by atoms with van der Waals surface area (Å²) < 4.78 is 29.7. The van der Waals surface area contributed by atoms with Crippen LogP contribution in [0.4, 0.5) is 5.69 Å². The predicted molar refractivity (Wildman–Crippen MR) is 133 cm³/mol. The smallest absolute Gasteiger partial charge is 0.296 e. The van der Waals surface area contributed by atoms with Crippen LogP contribution in [0.15, 0.2) is 41.3 Å². The number of anilines is 1. The van der Waals surface area contributed by atoms with E-state index in [-0.39, 0.29) is 34.8 Å². The Morgan fingerprint density at radius 1 is 0.919 bits per heavy atom. The highest BCUT2D eigenvalue weighted by Gasteiger charge is 2.44. The van der Waals surface area contributed by atoms with Gasteiger partial charge in [0.15, 0.2) is 0 Å². The Morgan fingerprint density at radius 3 is 2.30 bits per heavy atom. The molecule has 37 heavy (non-hydrogen) atoms. The minimum absolute atomic E-state index is 0.0247. The van der Waals surface area contributed by atoms with Gasteiger partial charge in [0.05, 0.1) is 23.1 Å². The Labute approximate surface area is 214 Å². The summed E-state index contributed by atoms with van der Waals surface area (Å²) in [5, 5.41) is 2.20. The average Bonchev–Trinajstić information content (AvgIpc) is 3.13. The maximum absolute atomic E-state index is 13.2. The maximum Gasteiger partial charge on any atom is 0.296 e. The number of imide groups is 2. The highest BCUT2D eigenvalue weighted by atomic mass is 32.2. The van der Waals surface area contributed by atoms with E-state index in [4.69, 9.17) is 4.18 Å². The molecule has 1 atom stereocenters. The number of nitrogens with zero attached hydrogens (tertiary/aromatic N) is 2. The number of benzene rings is 2. The second-order valence-electron chi connectivity index (χ2n) is 9.60. The molecule has 3 heterocycles. The van der Waals surface area contributed by atoms with E-state index in [0.29, 0.717) is 25.9 Å². The van der Waals surface area contributed by atoms with Crippen molar-refractivity contribution in [1.82, 2.24) is 10.2 Å². The van der Waals surface area contributed by atoms with Crippen LogP contribution in [0.2, 0.25) is 0 Å². The van der Waals surface area contributed by atoms with Crippen molar-refractivity contribution in [3.05, 3.63) is 58.7 Å². The molecule has 3 aliphatic rings. The zero-order valence-corrected chi connectivity index (χ0v) is 21.3. The lowest BCUT2D eigenvalue weighted by Gasteiger charge is -2.34. The van der Waals surface area contributed by atoms with Gasteiger partial charge >= 0.3 is 0 Å². The number of aryl methyl sites for hydroxylation is 1. The van der Waals surface area contributed by atoms with Crippen molar-refractivity contribution in [3.63, 3.8) is 0 Å². The maximum atomic E-state index is 13.2. The van der Waals surface area contributed by atoms with Gasteiger partial charge in [-0.1, -0.05) is 17.7 Å². The number of carbonyl (C=O) groups excluding carboxylic acids is 4. The van der Waals surface area contributed by atoms with E-state index >= 15 is 0 Å². The lowest BCUT2D eigenvalue weighted by Crippen LogP contribution is -2.54. The molecule has 0 radical (unpaired) electrons. The first kappa shape index (κ1) is 25.1. The van der Waals surface area contributed by atoms with Gasteiger partial charge in [0.2, 0.25) is 11.8 Å². The molecule has 0 aromatic heterocycles. The fraction of sp³-hybridized carbons (Fsp3) is 0.385. The summed E-state index contributed by atoms with van der Waals surface area (Å²) in [5.74, 6) is -2.11. The Morgan fingerprint density at radius 2 is 1.62 bits per heavy atom. The molecule has 0 aliphatic carbocycles. The molecular formula is C26H27N3O7S. The molecule has 2 aromatic carbocycles. The van der Waals surface area contributed by atoms with Crippen molar-refractivity contribution in [2.45, 2.75) is 49.5 Å². The number of rotatable bonds is 5. The lowest BCUT2D eigenvalue weighted by molar-refractivity contribution is -0.136. The van der Waals surface area contributed by atoms with Gasteiger partial charge in [-0.05, 0) is 61.9 Å². The summed E-state index contributed by atoms with van der Waals surface area (Å²) in [6, 6.07) is 9.30. The molecular weight excluding hydrogens is 498 g/mol. The van der Waals surface area contributed by atoms with Crippen molar-refractivity contribution >= 4 is 39.4 Å². The molecule has 2 saturated heterocycles. The zero-order chi connectivity index (χ0) is 26.5. The van der Waals surface area contributed by atoms with Gasteiger partial charge < -0.3 is 4.90 Å². The van der Waals surface area contributed by atoms with Gasteiger partial charge in [-0.3, -0.25) is 33.6 Å². The zero-order valence-electron chi connectivity index (χ0n) is 20.5. The summed E-state index contributed by atoms with van der Waals surface area (Å²) in [4.78, 5) is 53.1. The molecule has 1 unspecified atom stereocenters. The van der Waals surface area contributed by atoms with Crippen molar-refractivity contribution in [1.29, 1.82) is 0 Å². The Bertz CT molecular complexity index is 1430. The second kappa shape index (κ2) is 9.38. The number of fused-ring (bicyclic) bond motifs is 1. The van der Waals surface area contributed by atoms with Crippen LogP contribution < -0.4 is 10.2 Å². The van der Waals surface area contributed by atoms with Crippen LogP contribution >= 0.6 is 0 Å². The largest absolute Gasteiger partial charge is 0.371 e. The van der Waals surface area contributed by atoms with E-state index in [2.05, 4.69) is 10.2 Å². The standard InChI is InChI=1S/C26H27N3O7S/c1-15-3-7-22(37(34,35)36-2)19(13-15)16-9-11-28(12-10-16)17-4-5-18-20(14-17)26(33)29(25(18)32)21-6-8-23(30)27-24(21)31/h3-5,7,13-14,16,21H,6,8-12H2,1-2H3,(H,27,30,31). The highest BCUT2D eigenvalue weighted by molar-refractivity contribution is 7.86. The normalized spacial score (nSPS) is 20.9. The first-order chi connectivity index (χ1) is 17.6. The number of piperidine rings is 2. The monoisotopic (exact) mass is 525 g/mol. The number of carbonyl (C=O) groups is 4. The van der Waals surface area contributed by atoms with Gasteiger partial charge in [0.25, 0.3) is 21.9 Å². The quantitative estimate of drug-likeness (QED) is 0.464. The summed E-state index contributed by atoms with van der Waals surface area (Å²) in [6.45, 7) is 3.18. The number of hydrogen-bond acceptors (Lipinski definition) is 8. The molecule has 0 saturated carbocycles. The molecule has 5 rings (SSSR count). The van der Waals surface area contributed by atoms with Gasteiger partial charge in [-0.25, -0.2) is 0 Å². The number of nitrogens with one attached hydrogen (secondary N) is 1. The van der Waals surface area contributed by atoms with Crippen molar-refractivity contribution < 1.29 is 31.8 Å². The first-order valence-corrected chi connectivity index (χ1v) is 13.5. The third-order valence-corrected chi connectivity index (χ3v) is 8.73. The highest BCUT2D eigenvalue weighted by Crippen LogP contribution is 2.36. The number of amides is 4. The average molecular weight is 526 g/mol. The molecule has 10 nitrogen and oxygen atoms in total. The second-order valence-corrected chi connectivity index (χ2v) is 11.3. The van der Waals surface area contributed by atoms with E-state index in [1.54, 1.807) is 30.3 Å². The van der Waals surface area contributed by atoms with Gasteiger partial charge in [0, 0.05) is 25.2 Å². The molecule has 11 heteroatoms. The van der Waals surface area contributed by atoms with E-state index in [1.807, 2.05) is 13.0 Å². The first-order valence-electron chi connectivity index (χ1n) is 12.1. The third kappa shape index (κ3) is 4.42. The van der Waals surface area contributed by atoms with Crippen molar-refractivity contribution in [3.8, 4) is 0 Å². The Balaban J connectivity index is 1.34. The topological polar surface area (TPSA) is 130 Å². The van der Waals surface area contributed by atoms with Gasteiger partial charge in [-0.15, -0.1) is 0 Å². The third-order valence-electron chi connectivity index (χ3n) is 7.38. The summed E-state index contributed by atoms with van der Waals surface area (Å²) in [5.41, 5.74) is 2.97. The van der Waals surface area contributed by atoms with Crippen molar-refractivity contribution in [2.24, 2.45) is 0 Å². The van der Waals surface area contributed by atoms with Crippen LogP contribution in [-0.2, 0) is 23.9 Å². The SMILES string of the molecule is COS(=O)(=O)c1ccc(C)cc1C1CCN(c2ccc3c(c2)C(=O)N(C2CCC(=O)NC2=O)C3=O)CC1. The van der Waals surface area contributed by atoms with Crippen LogP contribution in [0.25, 0.3) is 0 Å². The fourth-order valence-electron chi connectivity index (χ4n) is 5.41. The summed E-state index contributed by atoms with van der Waals surface area (Å²) >= 11 is 0. The van der Waals surface area contributed by atoms with E-state index in [0.717, 1.165) is 28.8 Å². The molecule has 3 aliphatic heterocycles. The van der Waals surface area contributed by atoms with Crippen LogP contribution in [-0.4, -0.2) is 63.2 Å². The molecule has 0 bridgehead atoms. The van der Waals surface area contributed by atoms with Gasteiger partial charge in [-0.2, -0.15) is 8.42 Å². The molecule has 194 valence electrons. The Hall–Kier alpha value is -3.57. The fourth-order valence-corrected chi connectivity index (χ4v) is 6.34. The Kier molecular flexibility index (Phi) is 6.36. The lowest BCUT2D eigenvalue weighted by atomic mass is 9.88. The molecule has 4 amide bonds. The van der Waals surface area contributed by atoms with E-state index in [9.17, 15) is 27.6 Å². The molecule has 0 spiro atoms. The number of hydrogen-bond donors (Lipinski definition) is 1.